The number of ether oxygens (including phenoxy) is 1. The maximum atomic E-state index is 11.7. The van der Waals surface area contributed by atoms with Crippen LogP contribution in [0, 0.1) is 0 Å². The summed E-state index contributed by atoms with van der Waals surface area (Å²) in [5, 5.41) is 15.2. The largest absolute Gasteiger partial charge is 0.506 e. The fraction of sp³-hybridized carbons (Fsp3) is 0.150. The number of rotatable bonds is 5. The zero-order valence-corrected chi connectivity index (χ0v) is 16.5. The van der Waals surface area contributed by atoms with Crippen molar-refractivity contribution in [3.63, 3.8) is 0 Å². The van der Waals surface area contributed by atoms with Gasteiger partial charge in [0.1, 0.15) is 28.6 Å². The van der Waals surface area contributed by atoms with Gasteiger partial charge in [0.15, 0.2) is 0 Å². The Kier molecular flexibility index (Phi) is 5.02. The molecule has 0 aliphatic carbocycles. The molecule has 4 aromatic rings. The van der Waals surface area contributed by atoms with Crippen LogP contribution in [0.3, 0.4) is 0 Å². The fourth-order valence-electron chi connectivity index (χ4n) is 2.92. The number of nitrogens with one attached hydrogen (secondary N) is 1. The number of benzene rings is 2. The van der Waals surface area contributed by atoms with Crippen molar-refractivity contribution in [2.75, 3.05) is 12.4 Å². The predicted molar refractivity (Wildman–Crippen MR) is 111 cm³/mol. The lowest BCUT2D eigenvalue weighted by atomic mass is 10.2. The highest BCUT2D eigenvalue weighted by atomic mass is 35.5. The second-order valence-electron chi connectivity index (χ2n) is 6.16. The number of carbonyl (C=O) groups excluding carboxylic acids is 1. The first-order valence-corrected chi connectivity index (χ1v) is 9.71. The van der Waals surface area contributed by atoms with Crippen molar-refractivity contribution in [1.82, 2.24) is 9.97 Å². The Bertz CT molecular complexity index is 1190. The molecule has 2 aromatic carbocycles. The molecule has 0 saturated heterocycles. The third kappa shape index (κ3) is 3.58. The minimum Gasteiger partial charge on any atom is -0.506 e. The molecule has 2 N–H and O–H groups in total. The summed E-state index contributed by atoms with van der Waals surface area (Å²) in [6, 6.07) is 13.0. The summed E-state index contributed by atoms with van der Waals surface area (Å²) >= 11 is 7.55. The molecule has 0 aliphatic rings. The molecule has 0 unspecified atom stereocenters. The lowest BCUT2D eigenvalue weighted by Crippen LogP contribution is -2.10. The van der Waals surface area contributed by atoms with Gasteiger partial charge in [0.2, 0.25) is 0 Å². The zero-order valence-electron chi connectivity index (χ0n) is 14.9. The number of methoxy groups -OCH3 is 1. The molecule has 6 nitrogen and oxygen atoms in total. The molecule has 2 heterocycles. The highest BCUT2D eigenvalue weighted by Gasteiger charge is 2.16. The third-order valence-corrected chi connectivity index (χ3v) is 5.65. The van der Waals surface area contributed by atoms with Crippen LogP contribution < -0.4 is 5.32 Å². The van der Waals surface area contributed by atoms with Crippen LogP contribution in [0.25, 0.3) is 20.3 Å². The summed E-state index contributed by atoms with van der Waals surface area (Å²) in [7, 11) is 1.34. The van der Waals surface area contributed by atoms with Gasteiger partial charge in [0.25, 0.3) is 0 Å². The van der Waals surface area contributed by atoms with E-state index in [9.17, 15) is 9.90 Å². The number of carbonyl (C=O) groups is 1. The average Bonchev–Trinajstić information content (AvgIpc) is 3.07. The Hall–Kier alpha value is -2.90. The van der Waals surface area contributed by atoms with Gasteiger partial charge in [-0.2, -0.15) is 0 Å². The Labute approximate surface area is 169 Å². The van der Waals surface area contributed by atoms with Gasteiger partial charge in [0, 0.05) is 16.6 Å². The standard InChI is InChI=1S/C20H16ClN3O3S/c1-27-17(26)9-16-23-19(22-10-11-6-7-14(25)13(21)8-11)18-12-4-2-3-5-15(12)28-20(18)24-16/h2-8,25H,9-10H2,1H3,(H,22,23,24). The number of aromatic hydroxyl groups is 1. The van der Waals surface area contributed by atoms with E-state index in [1.165, 1.54) is 7.11 Å². The van der Waals surface area contributed by atoms with E-state index in [0.29, 0.717) is 23.2 Å². The molecule has 28 heavy (non-hydrogen) atoms. The first kappa shape index (κ1) is 18.5. The number of halogens is 1. The fourth-order valence-corrected chi connectivity index (χ4v) is 4.22. The SMILES string of the molecule is COC(=O)Cc1nc(NCc2ccc(O)c(Cl)c2)c2c(n1)sc1ccccc12. The normalized spacial score (nSPS) is 11.1. The van der Waals surface area contributed by atoms with E-state index in [0.717, 1.165) is 25.9 Å². The van der Waals surface area contributed by atoms with E-state index in [2.05, 4.69) is 15.3 Å². The first-order valence-electron chi connectivity index (χ1n) is 8.51. The molecule has 0 fully saturated rings. The summed E-state index contributed by atoms with van der Waals surface area (Å²) in [5.74, 6) is 0.693. The second kappa shape index (κ2) is 7.61. The van der Waals surface area contributed by atoms with Crippen molar-refractivity contribution < 1.29 is 14.6 Å². The van der Waals surface area contributed by atoms with Crippen LogP contribution in [0.5, 0.6) is 5.75 Å². The number of phenolic OH excluding ortho intramolecular Hbond substituents is 1. The first-order chi connectivity index (χ1) is 13.5. The molecule has 4 rings (SSSR count). The van der Waals surface area contributed by atoms with Crippen LogP contribution in [-0.2, 0) is 22.5 Å². The van der Waals surface area contributed by atoms with Crippen molar-refractivity contribution in [3.05, 3.63) is 58.9 Å². The predicted octanol–water partition coefficient (Wildman–Crippen LogP) is 4.53. The number of hydrogen-bond donors (Lipinski definition) is 2. The maximum Gasteiger partial charge on any atom is 0.313 e. The second-order valence-corrected chi connectivity index (χ2v) is 7.60. The monoisotopic (exact) mass is 413 g/mol. The number of fused-ring (bicyclic) bond motifs is 3. The van der Waals surface area contributed by atoms with Crippen molar-refractivity contribution in [3.8, 4) is 5.75 Å². The molecule has 0 atom stereocenters. The summed E-state index contributed by atoms with van der Waals surface area (Å²) in [6.45, 7) is 0.452. The highest BCUT2D eigenvalue weighted by Crippen LogP contribution is 2.36. The topological polar surface area (TPSA) is 84.3 Å². The van der Waals surface area contributed by atoms with Crippen molar-refractivity contribution in [1.29, 1.82) is 0 Å². The van der Waals surface area contributed by atoms with Crippen LogP contribution in [0.2, 0.25) is 5.02 Å². The molecular formula is C20H16ClN3O3S. The van der Waals surface area contributed by atoms with Gasteiger partial charge >= 0.3 is 5.97 Å². The van der Waals surface area contributed by atoms with E-state index in [1.54, 1.807) is 29.5 Å². The van der Waals surface area contributed by atoms with Crippen molar-refractivity contribution in [2.24, 2.45) is 0 Å². The van der Waals surface area contributed by atoms with Gasteiger partial charge in [-0.05, 0) is 23.8 Å². The van der Waals surface area contributed by atoms with Crippen molar-refractivity contribution >= 4 is 55.0 Å². The number of phenols is 1. The number of anilines is 1. The molecule has 0 saturated carbocycles. The lowest BCUT2D eigenvalue weighted by molar-refractivity contribution is -0.139. The van der Waals surface area contributed by atoms with Crippen LogP contribution in [-0.4, -0.2) is 28.2 Å². The third-order valence-electron chi connectivity index (χ3n) is 4.29. The van der Waals surface area contributed by atoms with Gasteiger partial charge in [-0.1, -0.05) is 35.9 Å². The average molecular weight is 414 g/mol. The molecule has 0 spiro atoms. The lowest BCUT2D eigenvalue weighted by Gasteiger charge is -2.10. The summed E-state index contributed by atoms with van der Waals surface area (Å²) < 4.78 is 5.84. The van der Waals surface area contributed by atoms with E-state index in [1.807, 2.05) is 24.3 Å². The molecular weight excluding hydrogens is 398 g/mol. The van der Waals surface area contributed by atoms with E-state index >= 15 is 0 Å². The van der Waals surface area contributed by atoms with Crippen molar-refractivity contribution in [2.45, 2.75) is 13.0 Å². The van der Waals surface area contributed by atoms with E-state index < -0.39 is 5.97 Å². The molecule has 0 bridgehead atoms. The van der Waals surface area contributed by atoms with Gasteiger partial charge < -0.3 is 15.2 Å². The maximum absolute atomic E-state index is 11.7. The van der Waals surface area contributed by atoms with Crippen LogP contribution in [0.15, 0.2) is 42.5 Å². The van der Waals surface area contributed by atoms with E-state index in [4.69, 9.17) is 16.3 Å². The highest BCUT2D eigenvalue weighted by molar-refractivity contribution is 7.25. The van der Waals surface area contributed by atoms with Crippen LogP contribution in [0.4, 0.5) is 5.82 Å². The Morgan fingerprint density at radius 1 is 1.25 bits per heavy atom. The Morgan fingerprint density at radius 2 is 2.07 bits per heavy atom. The number of hydrogen-bond acceptors (Lipinski definition) is 7. The molecule has 0 radical (unpaired) electrons. The van der Waals surface area contributed by atoms with E-state index in [-0.39, 0.29) is 12.2 Å². The van der Waals surface area contributed by atoms with Crippen LogP contribution in [0.1, 0.15) is 11.4 Å². The Balaban J connectivity index is 1.76. The zero-order chi connectivity index (χ0) is 19.7. The smallest absolute Gasteiger partial charge is 0.313 e. The summed E-state index contributed by atoms with van der Waals surface area (Å²) in [6.07, 6.45) is 0.000400. The number of esters is 1. The minimum absolute atomic E-state index is 0.000400. The number of nitrogens with zero attached hydrogens (tertiary/aromatic N) is 2. The molecule has 8 heteroatoms. The van der Waals surface area contributed by atoms with Gasteiger partial charge in [-0.15, -0.1) is 11.3 Å². The summed E-state index contributed by atoms with van der Waals surface area (Å²) in [4.78, 5) is 21.6. The number of aromatic nitrogens is 2. The van der Waals surface area contributed by atoms with Gasteiger partial charge in [-0.3, -0.25) is 4.79 Å². The molecule has 0 aliphatic heterocycles. The molecule has 142 valence electrons. The van der Waals surface area contributed by atoms with Crippen LogP contribution >= 0.6 is 22.9 Å². The minimum atomic E-state index is -0.392. The van der Waals surface area contributed by atoms with Gasteiger partial charge in [0.05, 0.1) is 17.5 Å². The summed E-state index contributed by atoms with van der Waals surface area (Å²) in [5.41, 5.74) is 0.892. The molecule has 0 amide bonds. The quantitative estimate of drug-likeness (QED) is 0.467. The number of thiophene rings is 1. The molecule has 2 aromatic heterocycles. The Morgan fingerprint density at radius 3 is 2.86 bits per heavy atom. The van der Waals surface area contributed by atoms with Gasteiger partial charge in [-0.25, -0.2) is 9.97 Å².